The van der Waals surface area contributed by atoms with Crippen molar-refractivity contribution in [2.45, 2.75) is 24.1 Å². The zero-order valence-electron chi connectivity index (χ0n) is 18.4. The maximum absolute atomic E-state index is 11.9. The molecule has 3 aromatic rings. The summed E-state index contributed by atoms with van der Waals surface area (Å²) in [6, 6.07) is 31.9. The fourth-order valence-electron chi connectivity index (χ4n) is 4.88. The number of benzene rings is 3. The SMILES string of the molecule is CC(=O)S[C@H]1CCN(C(c2ccccc2)(c2ccccc2)c2ccccc2)CC1=CCO. The molecule has 4 rings (SSSR count). The maximum atomic E-state index is 11.9. The number of thioether (sulfide) groups is 1. The van der Waals surface area contributed by atoms with Gasteiger partial charge in [0.15, 0.2) is 5.12 Å². The van der Waals surface area contributed by atoms with Crippen LogP contribution in [0.5, 0.6) is 0 Å². The number of carbonyl (C=O) groups excluding carboxylic acids is 1. The molecule has 1 N–H and O–H groups in total. The van der Waals surface area contributed by atoms with Crippen molar-refractivity contribution < 1.29 is 9.90 Å². The average Bonchev–Trinajstić information content (AvgIpc) is 2.83. The Morgan fingerprint density at radius 2 is 1.41 bits per heavy atom. The van der Waals surface area contributed by atoms with Gasteiger partial charge in [-0.2, -0.15) is 0 Å². The molecule has 1 atom stereocenters. The number of nitrogens with zero attached hydrogens (tertiary/aromatic N) is 1. The van der Waals surface area contributed by atoms with Crippen molar-refractivity contribution in [2.75, 3.05) is 19.7 Å². The third-order valence-corrected chi connectivity index (χ3v) is 7.31. The van der Waals surface area contributed by atoms with Crippen LogP contribution in [0.15, 0.2) is 103 Å². The average molecular weight is 444 g/mol. The van der Waals surface area contributed by atoms with E-state index in [9.17, 15) is 9.90 Å². The van der Waals surface area contributed by atoms with Gasteiger partial charge in [-0.05, 0) is 28.7 Å². The van der Waals surface area contributed by atoms with Gasteiger partial charge >= 0.3 is 0 Å². The summed E-state index contributed by atoms with van der Waals surface area (Å²) in [5.74, 6) is 0. The van der Waals surface area contributed by atoms with E-state index in [0.29, 0.717) is 6.54 Å². The van der Waals surface area contributed by atoms with Gasteiger partial charge in [0.25, 0.3) is 0 Å². The van der Waals surface area contributed by atoms with E-state index < -0.39 is 5.54 Å². The summed E-state index contributed by atoms with van der Waals surface area (Å²) >= 11 is 1.38. The lowest BCUT2D eigenvalue weighted by Gasteiger charge is -2.49. The van der Waals surface area contributed by atoms with E-state index >= 15 is 0 Å². The first-order valence-corrected chi connectivity index (χ1v) is 11.9. The minimum absolute atomic E-state index is 0.0207. The molecule has 1 heterocycles. The van der Waals surface area contributed by atoms with Crippen LogP contribution in [-0.2, 0) is 10.3 Å². The number of hydrogen-bond donors (Lipinski definition) is 1. The second-order valence-corrected chi connectivity index (χ2v) is 9.46. The molecular formula is C28H29NO2S. The number of piperidine rings is 1. The number of aliphatic hydroxyl groups is 1. The molecule has 3 nitrogen and oxygen atoms in total. The Morgan fingerprint density at radius 3 is 1.81 bits per heavy atom. The summed E-state index contributed by atoms with van der Waals surface area (Å²) in [4.78, 5) is 14.4. The highest BCUT2D eigenvalue weighted by atomic mass is 32.2. The molecule has 0 radical (unpaired) electrons. The third kappa shape index (κ3) is 4.44. The van der Waals surface area contributed by atoms with Crippen molar-refractivity contribution >= 4 is 16.9 Å². The molecule has 3 aromatic carbocycles. The molecule has 164 valence electrons. The zero-order chi connectivity index (χ0) is 22.4. The van der Waals surface area contributed by atoms with Gasteiger partial charge in [-0.3, -0.25) is 9.69 Å². The standard InChI is InChI=1S/C28H29NO2S/c1-22(31)32-27-17-19-29(21-23(27)18-20-30)28(24-11-5-2-6-12-24,25-13-7-3-8-14-25)26-15-9-4-10-16-26/h2-16,18,27,30H,17,19-21H2,1H3/t27-/m0/s1. The number of carbonyl (C=O) groups is 1. The van der Waals surface area contributed by atoms with Gasteiger partial charge in [0, 0.05) is 25.3 Å². The van der Waals surface area contributed by atoms with Gasteiger partial charge in [-0.1, -0.05) is 109 Å². The van der Waals surface area contributed by atoms with Crippen molar-refractivity contribution in [1.29, 1.82) is 0 Å². The molecule has 0 aliphatic carbocycles. The van der Waals surface area contributed by atoms with Gasteiger partial charge < -0.3 is 5.11 Å². The highest BCUT2D eigenvalue weighted by molar-refractivity contribution is 8.14. The molecule has 0 saturated carbocycles. The van der Waals surface area contributed by atoms with Crippen molar-refractivity contribution in [2.24, 2.45) is 0 Å². The van der Waals surface area contributed by atoms with Crippen LogP contribution in [0.3, 0.4) is 0 Å². The predicted octanol–water partition coefficient (Wildman–Crippen LogP) is 5.25. The third-order valence-electron chi connectivity index (χ3n) is 6.16. The predicted molar refractivity (Wildman–Crippen MR) is 133 cm³/mol. The van der Waals surface area contributed by atoms with Crippen LogP contribution >= 0.6 is 11.8 Å². The van der Waals surface area contributed by atoms with E-state index in [4.69, 9.17) is 0 Å². The first kappa shape index (κ1) is 22.5. The molecule has 1 aliphatic rings. The van der Waals surface area contributed by atoms with E-state index in [2.05, 4.69) is 95.9 Å². The van der Waals surface area contributed by atoms with E-state index in [1.807, 2.05) is 6.08 Å². The quantitative estimate of drug-likeness (QED) is 0.417. The fourth-order valence-corrected chi connectivity index (χ4v) is 5.83. The lowest BCUT2D eigenvalue weighted by atomic mass is 9.74. The fraction of sp³-hybridized carbons (Fsp3) is 0.250. The monoisotopic (exact) mass is 443 g/mol. The van der Waals surface area contributed by atoms with Crippen molar-refractivity contribution in [1.82, 2.24) is 4.90 Å². The van der Waals surface area contributed by atoms with Crippen LogP contribution in [0.2, 0.25) is 0 Å². The topological polar surface area (TPSA) is 40.5 Å². The van der Waals surface area contributed by atoms with Crippen LogP contribution < -0.4 is 0 Å². The summed E-state index contributed by atoms with van der Waals surface area (Å²) in [7, 11) is 0. The zero-order valence-corrected chi connectivity index (χ0v) is 19.2. The first-order valence-electron chi connectivity index (χ1n) is 11.0. The van der Waals surface area contributed by atoms with Gasteiger partial charge in [0.1, 0.15) is 0 Å². The Bertz CT molecular complexity index is 954. The summed E-state index contributed by atoms with van der Waals surface area (Å²) in [6.07, 6.45) is 2.74. The molecule has 0 aromatic heterocycles. The number of rotatable bonds is 6. The highest BCUT2D eigenvalue weighted by Gasteiger charge is 2.44. The Morgan fingerprint density at radius 1 is 0.938 bits per heavy atom. The smallest absolute Gasteiger partial charge is 0.186 e. The normalized spacial score (nSPS) is 18.6. The highest BCUT2D eigenvalue weighted by Crippen LogP contribution is 2.45. The van der Waals surface area contributed by atoms with Gasteiger partial charge in [-0.15, -0.1) is 0 Å². The summed E-state index contributed by atoms with van der Waals surface area (Å²) in [5.41, 5.74) is 4.26. The van der Waals surface area contributed by atoms with Crippen molar-refractivity contribution in [3.8, 4) is 0 Å². The van der Waals surface area contributed by atoms with E-state index in [0.717, 1.165) is 18.5 Å². The van der Waals surface area contributed by atoms with Crippen LogP contribution in [0.4, 0.5) is 0 Å². The number of aliphatic hydroxyl groups excluding tert-OH is 1. The van der Waals surface area contributed by atoms with Crippen LogP contribution in [0.25, 0.3) is 0 Å². The number of hydrogen-bond acceptors (Lipinski definition) is 4. The van der Waals surface area contributed by atoms with Crippen LogP contribution in [0, 0.1) is 0 Å². The largest absolute Gasteiger partial charge is 0.392 e. The molecular weight excluding hydrogens is 414 g/mol. The maximum Gasteiger partial charge on any atom is 0.186 e. The molecule has 1 saturated heterocycles. The first-order chi connectivity index (χ1) is 15.7. The van der Waals surface area contributed by atoms with E-state index in [-0.39, 0.29) is 17.0 Å². The lowest BCUT2D eigenvalue weighted by Crippen LogP contribution is -2.52. The molecule has 0 unspecified atom stereocenters. The molecule has 0 amide bonds. The number of likely N-dealkylation sites (tertiary alicyclic amines) is 1. The molecule has 1 fully saturated rings. The molecule has 0 spiro atoms. The Kier molecular flexibility index (Phi) is 7.26. The van der Waals surface area contributed by atoms with Gasteiger partial charge in [0.2, 0.25) is 0 Å². The Balaban J connectivity index is 1.90. The van der Waals surface area contributed by atoms with Gasteiger partial charge in [0.05, 0.1) is 12.1 Å². The lowest BCUT2D eigenvalue weighted by molar-refractivity contribution is -0.109. The Hall–Kier alpha value is -2.66. The summed E-state index contributed by atoms with van der Waals surface area (Å²) in [5, 5.41) is 9.95. The second kappa shape index (κ2) is 10.3. The summed E-state index contributed by atoms with van der Waals surface area (Å²) in [6.45, 7) is 3.12. The minimum atomic E-state index is -0.482. The second-order valence-electron chi connectivity index (χ2n) is 8.08. The van der Waals surface area contributed by atoms with Gasteiger partial charge in [-0.25, -0.2) is 0 Å². The van der Waals surface area contributed by atoms with E-state index in [1.165, 1.54) is 28.5 Å². The molecule has 1 aliphatic heterocycles. The van der Waals surface area contributed by atoms with Crippen molar-refractivity contribution in [3.63, 3.8) is 0 Å². The molecule has 0 bridgehead atoms. The van der Waals surface area contributed by atoms with Crippen LogP contribution in [-0.4, -0.2) is 40.1 Å². The van der Waals surface area contributed by atoms with Crippen molar-refractivity contribution in [3.05, 3.63) is 119 Å². The minimum Gasteiger partial charge on any atom is -0.392 e. The summed E-state index contributed by atoms with van der Waals surface area (Å²) < 4.78 is 0. The Labute approximate surface area is 194 Å². The van der Waals surface area contributed by atoms with E-state index in [1.54, 1.807) is 6.92 Å². The molecule has 32 heavy (non-hydrogen) atoms. The molecule has 4 heteroatoms. The van der Waals surface area contributed by atoms with Crippen LogP contribution in [0.1, 0.15) is 30.0 Å².